The lowest BCUT2D eigenvalue weighted by atomic mass is 9.46. The molecule has 0 amide bonds. The number of aliphatic hydroxyl groups is 2. The Bertz CT molecular complexity index is 722. The molecule has 0 aromatic rings. The molecule has 5 aliphatic carbocycles. The van der Waals surface area contributed by atoms with Crippen LogP contribution in [0.15, 0.2) is 11.6 Å². The van der Waals surface area contributed by atoms with Crippen LogP contribution in [0.5, 0.6) is 0 Å². The molecule has 0 bridgehead atoms. The molecule has 0 heterocycles. The highest BCUT2D eigenvalue weighted by Gasteiger charge is 2.63. The summed E-state index contributed by atoms with van der Waals surface area (Å²) in [7, 11) is 1.89. The third-order valence-corrected chi connectivity index (χ3v) is 10.5. The van der Waals surface area contributed by atoms with Gasteiger partial charge in [-0.05, 0) is 74.0 Å². The monoisotopic (exact) mass is 402 g/mol. The first kappa shape index (κ1) is 20.2. The van der Waals surface area contributed by atoms with Gasteiger partial charge in [-0.25, -0.2) is 0 Å². The number of hydrogen-bond donors (Lipinski definition) is 2. The second kappa shape index (κ2) is 6.64. The van der Waals surface area contributed by atoms with Gasteiger partial charge in [0.05, 0.1) is 11.7 Å². The van der Waals surface area contributed by atoms with Crippen LogP contribution < -0.4 is 0 Å². The highest BCUT2D eigenvalue weighted by Crippen LogP contribution is 2.65. The van der Waals surface area contributed by atoms with Gasteiger partial charge in [0.2, 0.25) is 0 Å². The molecule has 4 nitrogen and oxygen atoms in total. The second-order valence-electron chi connectivity index (χ2n) is 11.4. The summed E-state index contributed by atoms with van der Waals surface area (Å²) in [4.78, 5) is 12.4. The molecule has 2 N–H and O–H groups in total. The Balaban J connectivity index is 1.46. The van der Waals surface area contributed by atoms with Crippen molar-refractivity contribution in [2.45, 2.75) is 95.9 Å². The second-order valence-corrected chi connectivity index (χ2v) is 11.4. The van der Waals surface area contributed by atoms with Gasteiger partial charge in [-0.3, -0.25) is 4.79 Å². The third kappa shape index (κ3) is 2.64. The lowest BCUT2D eigenvalue weighted by Crippen LogP contribution is -2.55. The molecule has 162 valence electrons. The van der Waals surface area contributed by atoms with E-state index in [9.17, 15) is 15.0 Å². The van der Waals surface area contributed by atoms with Gasteiger partial charge >= 0.3 is 0 Å². The van der Waals surface area contributed by atoms with E-state index in [-0.39, 0.29) is 34.1 Å². The predicted molar refractivity (Wildman–Crippen MR) is 111 cm³/mol. The Hall–Kier alpha value is -0.710. The summed E-state index contributed by atoms with van der Waals surface area (Å²) in [5, 5.41) is 21.8. The fourth-order valence-corrected chi connectivity index (χ4v) is 8.62. The van der Waals surface area contributed by atoms with Crippen LogP contribution in [0.2, 0.25) is 0 Å². The summed E-state index contributed by atoms with van der Waals surface area (Å²) in [5.41, 5.74) is 1.24. The lowest BCUT2D eigenvalue weighted by Gasteiger charge is -2.59. The number of Topliss-reactive ketones (excluding diaryl/α,β-unsaturated/α-hetero) is 1. The minimum Gasteiger partial charge on any atom is -0.389 e. The SMILES string of the molecule is COC1([C@H]2CC[C@@]3(C)C(=C[C@@H](O)C4C3CC[C@@]3(C)C4CC(=O)[C@@H]3O)C2)CCCC1. The molecule has 5 aliphatic rings. The van der Waals surface area contributed by atoms with Crippen molar-refractivity contribution in [1.82, 2.24) is 0 Å². The number of carbonyl (C=O) groups excluding carboxylic acids is 1. The van der Waals surface area contributed by atoms with E-state index in [0.717, 1.165) is 25.7 Å². The number of aliphatic hydroxyl groups excluding tert-OH is 2. The average molecular weight is 403 g/mol. The number of fused-ring (bicyclic) bond motifs is 5. The van der Waals surface area contributed by atoms with Crippen molar-refractivity contribution in [3.63, 3.8) is 0 Å². The third-order valence-electron chi connectivity index (χ3n) is 10.5. The van der Waals surface area contributed by atoms with E-state index in [1.807, 2.05) is 7.11 Å². The van der Waals surface area contributed by atoms with Gasteiger partial charge in [0.25, 0.3) is 0 Å². The fourth-order valence-electron chi connectivity index (χ4n) is 8.62. The van der Waals surface area contributed by atoms with Crippen LogP contribution in [0.1, 0.15) is 78.1 Å². The van der Waals surface area contributed by atoms with Crippen molar-refractivity contribution in [2.24, 2.45) is 34.5 Å². The van der Waals surface area contributed by atoms with Gasteiger partial charge in [0, 0.05) is 18.9 Å². The summed E-state index contributed by atoms with van der Waals surface area (Å²) in [6.07, 6.45) is 11.4. The van der Waals surface area contributed by atoms with Gasteiger partial charge in [-0.1, -0.05) is 38.3 Å². The van der Waals surface area contributed by atoms with E-state index in [1.165, 1.54) is 37.7 Å². The molecule has 0 radical (unpaired) electrons. The Morgan fingerprint density at radius 3 is 2.41 bits per heavy atom. The van der Waals surface area contributed by atoms with Crippen molar-refractivity contribution < 1.29 is 19.7 Å². The largest absolute Gasteiger partial charge is 0.389 e. The quantitative estimate of drug-likeness (QED) is 0.684. The average Bonchev–Trinajstić information content (AvgIpc) is 3.27. The molecule has 5 rings (SSSR count). The fraction of sp³-hybridized carbons (Fsp3) is 0.880. The van der Waals surface area contributed by atoms with E-state index < -0.39 is 12.2 Å². The van der Waals surface area contributed by atoms with Crippen LogP contribution in [-0.2, 0) is 9.53 Å². The van der Waals surface area contributed by atoms with Gasteiger partial charge in [0.1, 0.15) is 6.10 Å². The maximum atomic E-state index is 12.4. The summed E-state index contributed by atoms with van der Waals surface area (Å²) in [5.74, 6) is 1.16. The first-order valence-corrected chi connectivity index (χ1v) is 11.9. The summed E-state index contributed by atoms with van der Waals surface area (Å²) in [6.45, 7) is 4.50. The highest BCUT2D eigenvalue weighted by atomic mass is 16.5. The summed E-state index contributed by atoms with van der Waals surface area (Å²) >= 11 is 0. The van der Waals surface area contributed by atoms with Crippen molar-refractivity contribution in [1.29, 1.82) is 0 Å². The van der Waals surface area contributed by atoms with Crippen molar-refractivity contribution >= 4 is 5.78 Å². The Morgan fingerprint density at radius 1 is 1.00 bits per heavy atom. The lowest BCUT2D eigenvalue weighted by molar-refractivity contribution is -0.131. The number of allylic oxidation sites excluding steroid dienone is 1. The molecule has 0 aromatic heterocycles. The van der Waals surface area contributed by atoms with Crippen molar-refractivity contribution in [3.8, 4) is 0 Å². The van der Waals surface area contributed by atoms with Gasteiger partial charge < -0.3 is 14.9 Å². The zero-order valence-electron chi connectivity index (χ0n) is 18.3. The van der Waals surface area contributed by atoms with Crippen LogP contribution in [0, 0.1) is 34.5 Å². The maximum Gasteiger partial charge on any atom is 0.162 e. The molecule has 4 fully saturated rings. The van der Waals surface area contributed by atoms with Gasteiger partial charge in [-0.15, -0.1) is 0 Å². The predicted octanol–water partition coefficient (Wildman–Crippen LogP) is 4.04. The number of carbonyl (C=O) groups is 1. The Morgan fingerprint density at radius 2 is 1.72 bits per heavy atom. The van der Waals surface area contributed by atoms with Crippen LogP contribution in [0.4, 0.5) is 0 Å². The van der Waals surface area contributed by atoms with E-state index in [2.05, 4.69) is 19.9 Å². The molecule has 4 heteroatoms. The molecule has 3 unspecified atom stereocenters. The van der Waals surface area contributed by atoms with Crippen LogP contribution in [0.25, 0.3) is 0 Å². The number of ether oxygens (including phenoxy) is 1. The van der Waals surface area contributed by atoms with Crippen LogP contribution in [0.3, 0.4) is 0 Å². The van der Waals surface area contributed by atoms with Gasteiger partial charge in [0.15, 0.2) is 5.78 Å². The van der Waals surface area contributed by atoms with E-state index in [1.54, 1.807) is 0 Å². The number of ketones is 1. The molecule has 0 aliphatic heterocycles. The molecular formula is C25H38O4. The van der Waals surface area contributed by atoms with E-state index >= 15 is 0 Å². The molecule has 8 atom stereocenters. The van der Waals surface area contributed by atoms with Crippen molar-refractivity contribution in [3.05, 3.63) is 11.6 Å². The smallest absolute Gasteiger partial charge is 0.162 e. The minimum absolute atomic E-state index is 0.0164. The molecule has 0 spiro atoms. The van der Waals surface area contributed by atoms with Crippen LogP contribution in [-0.4, -0.2) is 40.9 Å². The standard InChI is InChI=1S/C25H38O4/c1-23-10-6-15(25(29-3)8-4-5-9-25)12-16(23)13-19(26)21-17(23)7-11-24(2)18(21)14-20(27)22(24)28/h13,15,17-19,21-22,26,28H,4-12,14H2,1-3H3/t15-,17?,18?,19+,21?,22-,23-,24-/m0/s1. The summed E-state index contributed by atoms with van der Waals surface area (Å²) < 4.78 is 6.12. The molecule has 4 saturated carbocycles. The summed E-state index contributed by atoms with van der Waals surface area (Å²) in [6, 6.07) is 0. The van der Waals surface area contributed by atoms with E-state index in [0.29, 0.717) is 18.3 Å². The Labute approximate surface area is 175 Å². The first-order chi connectivity index (χ1) is 13.7. The molecule has 0 aromatic carbocycles. The Kier molecular flexibility index (Phi) is 4.63. The zero-order valence-corrected chi connectivity index (χ0v) is 18.3. The topological polar surface area (TPSA) is 66.8 Å². The normalized spacial score (nSPS) is 51.2. The van der Waals surface area contributed by atoms with Crippen molar-refractivity contribution in [2.75, 3.05) is 7.11 Å². The highest BCUT2D eigenvalue weighted by molar-refractivity contribution is 5.86. The number of rotatable bonds is 2. The molecule has 29 heavy (non-hydrogen) atoms. The van der Waals surface area contributed by atoms with E-state index in [4.69, 9.17) is 4.74 Å². The first-order valence-electron chi connectivity index (χ1n) is 11.9. The zero-order chi connectivity index (χ0) is 20.6. The number of hydrogen-bond acceptors (Lipinski definition) is 4. The molecular weight excluding hydrogens is 364 g/mol. The maximum absolute atomic E-state index is 12.4. The molecule has 0 saturated heterocycles. The van der Waals surface area contributed by atoms with Gasteiger partial charge in [-0.2, -0.15) is 0 Å². The van der Waals surface area contributed by atoms with Crippen LogP contribution >= 0.6 is 0 Å². The number of methoxy groups -OCH3 is 1. The minimum atomic E-state index is -0.849.